The van der Waals surface area contributed by atoms with E-state index in [2.05, 4.69) is 17.2 Å². The van der Waals surface area contributed by atoms with E-state index in [1.165, 1.54) is 19.3 Å². The van der Waals surface area contributed by atoms with Crippen molar-refractivity contribution in [3.8, 4) is 11.6 Å². The number of carbonyl (C=O) groups excluding carboxylic acids is 2. The minimum absolute atomic E-state index is 0.0425. The molecular formula is C25H34N2O4S. The Bertz CT molecular complexity index is 836. The first-order valence-electron chi connectivity index (χ1n) is 11.3. The molecular weight excluding hydrogens is 424 g/mol. The summed E-state index contributed by atoms with van der Waals surface area (Å²) in [6.07, 6.45) is 8.91. The van der Waals surface area contributed by atoms with E-state index >= 15 is 0 Å². The summed E-state index contributed by atoms with van der Waals surface area (Å²) in [5.41, 5.74) is 1.71. The molecule has 1 heterocycles. The number of aryl methyl sites for hydroxylation is 1. The van der Waals surface area contributed by atoms with Crippen molar-refractivity contribution >= 4 is 24.0 Å². The topological polar surface area (TPSA) is 88.5 Å². The number of rotatable bonds is 10. The summed E-state index contributed by atoms with van der Waals surface area (Å²) in [4.78, 5) is 28.0. The van der Waals surface area contributed by atoms with Gasteiger partial charge in [0.05, 0.1) is 5.56 Å². The van der Waals surface area contributed by atoms with Crippen molar-refractivity contribution in [2.24, 2.45) is 0 Å². The lowest BCUT2D eigenvalue weighted by atomic mass is 9.95. The number of aldehydes is 1. The van der Waals surface area contributed by atoms with E-state index in [4.69, 9.17) is 9.84 Å². The molecule has 1 aliphatic rings. The van der Waals surface area contributed by atoms with Crippen molar-refractivity contribution in [2.75, 3.05) is 12.9 Å². The Kier molecular flexibility index (Phi) is 11.8. The maximum Gasteiger partial charge on any atom is 0.254 e. The van der Waals surface area contributed by atoms with Crippen LogP contribution in [0.15, 0.2) is 41.4 Å². The zero-order valence-electron chi connectivity index (χ0n) is 19.0. The summed E-state index contributed by atoms with van der Waals surface area (Å²) in [5.74, 6) is 2.01. The van der Waals surface area contributed by atoms with Crippen LogP contribution >= 0.6 is 11.8 Å². The van der Waals surface area contributed by atoms with E-state index in [1.807, 2.05) is 30.3 Å². The van der Waals surface area contributed by atoms with Gasteiger partial charge in [-0.1, -0.05) is 38.3 Å². The van der Waals surface area contributed by atoms with Crippen molar-refractivity contribution in [3.05, 3.63) is 47.5 Å². The third kappa shape index (κ3) is 8.28. The third-order valence-corrected chi connectivity index (χ3v) is 6.36. The van der Waals surface area contributed by atoms with E-state index in [1.54, 1.807) is 17.8 Å². The molecule has 1 saturated carbocycles. The molecule has 0 atom stereocenters. The second kappa shape index (κ2) is 14.6. The zero-order valence-corrected chi connectivity index (χ0v) is 19.8. The van der Waals surface area contributed by atoms with Crippen LogP contribution in [0.4, 0.5) is 0 Å². The molecule has 1 fully saturated rings. The van der Waals surface area contributed by atoms with Crippen molar-refractivity contribution in [2.45, 2.75) is 69.4 Å². The van der Waals surface area contributed by atoms with Gasteiger partial charge in [-0.25, -0.2) is 4.98 Å². The number of nitrogens with one attached hydrogen (secondary N) is 1. The van der Waals surface area contributed by atoms with Crippen LogP contribution in [-0.4, -0.2) is 41.2 Å². The molecule has 0 unspecified atom stereocenters. The van der Waals surface area contributed by atoms with Crippen LogP contribution in [0.25, 0.3) is 0 Å². The number of pyridine rings is 1. The predicted molar refractivity (Wildman–Crippen MR) is 129 cm³/mol. The van der Waals surface area contributed by atoms with Crippen LogP contribution in [0.3, 0.4) is 0 Å². The Labute approximate surface area is 195 Å². The fourth-order valence-corrected chi connectivity index (χ4v) is 4.41. The molecule has 2 N–H and O–H groups in total. The highest BCUT2D eigenvalue weighted by molar-refractivity contribution is 7.99. The number of carbonyl (C=O) groups is 2. The molecule has 0 aliphatic heterocycles. The Hall–Kier alpha value is -2.38. The molecule has 1 amide bonds. The quantitative estimate of drug-likeness (QED) is 0.377. The smallest absolute Gasteiger partial charge is 0.254 e. The normalized spacial score (nSPS) is 13.6. The fourth-order valence-electron chi connectivity index (χ4n) is 3.54. The van der Waals surface area contributed by atoms with E-state index in [-0.39, 0.29) is 11.9 Å². The number of amides is 1. The standard InChI is InChI=1S/C24H30N2O3S.CH4O/c1-2-17-30-24-21(23(28)25-19-8-4-3-5-9-19)14-15-22(26-24)29-20-12-10-18(11-13-20)7-6-16-27;1-2/h10-16,19H,2-9,17H2,1H3,(H,25,28);2H,1H3. The molecule has 0 spiro atoms. The number of hydrogen-bond acceptors (Lipinski definition) is 6. The van der Waals surface area contributed by atoms with E-state index in [0.717, 1.165) is 50.4 Å². The first-order valence-corrected chi connectivity index (χ1v) is 12.3. The molecule has 6 nitrogen and oxygen atoms in total. The molecule has 7 heteroatoms. The number of aromatic nitrogens is 1. The molecule has 1 aromatic heterocycles. The summed E-state index contributed by atoms with van der Waals surface area (Å²) >= 11 is 1.59. The molecule has 0 bridgehead atoms. The van der Waals surface area contributed by atoms with Gasteiger partial charge in [0.2, 0.25) is 5.88 Å². The van der Waals surface area contributed by atoms with Crippen LogP contribution in [0.2, 0.25) is 0 Å². The first-order chi connectivity index (χ1) is 15.7. The van der Waals surface area contributed by atoms with E-state index in [0.29, 0.717) is 28.6 Å². The molecule has 32 heavy (non-hydrogen) atoms. The van der Waals surface area contributed by atoms with Crippen molar-refractivity contribution in [1.29, 1.82) is 0 Å². The van der Waals surface area contributed by atoms with Crippen LogP contribution < -0.4 is 10.1 Å². The summed E-state index contributed by atoms with van der Waals surface area (Å²) in [6, 6.07) is 11.5. The van der Waals surface area contributed by atoms with Crippen molar-refractivity contribution < 1.29 is 19.4 Å². The molecule has 2 aromatic rings. The number of aliphatic hydroxyl groups is 1. The Morgan fingerprint density at radius 1 is 1.16 bits per heavy atom. The lowest BCUT2D eigenvalue weighted by Crippen LogP contribution is -2.36. The predicted octanol–water partition coefficient (Wildman–Crippen LogP) is 5.18. The number of nitrogens with zero attached hydrogens (tertiary/aromatic N) is 1. The summed E-state index contributed by atoms with van der Waals surface area (Å²) in [5, 5.41) is 10.9. The molecule has 3 rings (SSSR count). The highest BCUT2D eigenvalue weighted by Gasteiger charge is 2.20. The van der Waals surface area contributed by atoms with Crippen LogP contribution in [-0.2, 0) is 11.2 Å². The van der Waals surface area contributed by atoms with Gasteiger partial charge >= 0.3 is 0 Å². The Morgan fingerprint density at radius 2 is 1.88 bits per heavy atom. The summed E-state index contributed by atoms with van der Waals surface area (Å²) in [6.45, 7) is 2.11. The second-order valence-electron chi connectivity index (χ2n) is 7.61. The average Bonchev–Trinajstić information content (AvgIpc) is 2.84. The highest BCUT2D eigenvalue weighted by Crippen LogP contribution is 2.28. The molecule has 0 saturated heterocycles. The van der Waals surface area contributed by atoms with Crippen LogP contribution in [0, 0.1) is 0 Å². The Balaban J connectivity index is 0.00000176. The molecule has 0 radical (unpaired) electrons. The minimum atomic E-state index is -0.0425. The number of benzene rings is 1. The third-order valence-electron chi connectivity index (χ3n) is 5.16. The minimum Gasteiger partial charge on any atom is -0.439 e. The van der Waals surface area contributed by atoms with E-state index < -0.39 is 0 Å². The van der Waals surface area contributed by atoms with Gasteiger partial charge in [-0.05, 0) is 55.2 Å². The highest BCUT2D eigenvalue weighted by atomic mass is 32.2. The second-order valence-corrected chi connectivity index (χ2v) is 8.69. The SMILES string of the molecule is CCCSc1nc(Oc2ccc(CCC=O)cc2)ccc1C(=O)NC1CCCCC1.CO. The Morgan fingerprint density at radius 3 is 2.53 bits per heavy atom. The van der Waals surface area contributed by atoms with Gasteiger partial charge in [0, 0.05) is 25.6 Å². The maximum atomic E-state index is 12.9. The molecule has 1 aliphatic carbocycles. The van der Waals surface area contributed by atoms with Gasteiger partial charge in [0.25, 0.3) is 5.91 Å². The van der Waals surface area contributed by atoms with Gasteiger partial charge < -0.3 is 20.0 Å². The van der Waals surface area contributed by atoms with Gasteiger partial charge in [0.1, 0.15) is 17.1 Å². The molecule has 1 aromatic carbocycles. The van der Waals surface area contributed by atoms with Crippen molar-refractivity contribution in [1.82, 2.24) is 10.3 Å². The average molecular weight is 459 g/mol. The monoisotopic (exact) mass is 458 g/mol. The maximum absolute atomic E-state index is 12.9. The first kappa shape index (κ1) is 25.9. The van der Waals surface area contributed by atoms with Gasteiger partial charge in [-0.2, -0.15) is 0 Å². The zero-order chi connectivity index (χ0) is 23.2. The summed E-state index contributed by atoms with van der Waals surface area (Å²) < 4.78 is 5.92. The van der Waals surface area contributed by atoms with E-state index in [9.17, 15) is 9.59 Å². The number of ether oxygens (including phenoxy) is 1. The number of hydrogen-bond donors (Lipinski definition) is 2. The molecule has 174 valence electrons. The van der Waals surface area contributed by atoms with Gasteiger partial charge in [-0.15, -0.1) is 11.8 Å². The van der Waals surface area contributed by atoms with Gasteiger partial charge in [-0.3, -0.25) is 4.79 Å². The largest absolute Gasteiger partial charge is 0.439 e. The van der Waals surface area contributed by atoms with Crippen LogP contribution in [0.1, 0.15) is 67.8 Å². The number of thioether (sulfide) groups is 1. The van der Waals surface area contributed by atoms with Crippen molar-refractivity contribution in [3.63, 3.8) is 0 Å². The lowest BCUT2D eigenvalue weighted by molar-refractivity contribution is -0.107. The fraction of sp³-hybridized carbons (Fsp3) is 0.480. The summed E-state index contributed by atoms with van der Waals surface area (Å²) in [7, 11) is 1.00. The van der Waals surface area contributed by atoms with Gasteiger partial charge in [0.15, 0.2) is 0 Å². The number of aliphatic hydroxyl groups excluding tert-OH is 1. The van der Waals surface area contributed by atoms with Crippen LogP contribution in [0.5, 0.6) is 11.6 Å². The lowest BCUT2D eigenvalue weighted by Gasteiger charge is -2.23.